The molecule has 0 aromatic carbocycles. The standard InChI is InChI=1S/C9H15NO4S/c11-9(12)5-10(7-1-2-7)8-3-4-15(13,14)6-8/h7-8H,1-6H2,(H,11,12). The van der Waals surface area contributed by atoms with Crippen molar-refractivity contribution < 1.29 is 18.3 Å². The molecule has 2 fully saturated rings. The molecule has 0 aromatic heterocycles. The molecule has 0 amide bonds. The van der Waals surface area contributed by atoms with Gasteiger partial charge in [-0.25, -0.2) is 8.42 Å². The average Bonchev–Trinajstić information content (AvgIpc) is 2.87. The molecule has 1 saturated heterocycles. The number of carbonyl (C=O) groups is 1. The number of hydrogen-bond donors (Lipinski definition) is 1. The molecule has 1 heterocycles. The van der Waals surface area contributed by atoms with E-state index in [2.05, 4.69) is 0 Å². The zero-order chi connectivity index (χ0) is 11.1. The van der Waals surface area contributed by atoms with Crippen molar-refractivity contribution in [2.45, 2.75) is 31.3 Å². The van der Waals surface area contributed by atoms with Gasteiger partial charge in [0.05, 0.1) is 18.1 Å². The lowest BCUT2D eigenvalue weighted by Crippen LogP contribution is -2.41. The summed E-state index contributed by atoms with van der Waals surface area (Å²) in [6, 6.07) is 0.234. The van der Waals surface area contributed by atoms with Crippen LogP contribution in [-0.2, 0) is 14.6 Å². The second-order valence-electron chi connectivity index (χ2n) is 4.35. The molecule has 5 nitrogen and oxygen atoms in total. The first-order valence-electron chi connectivity index (χ1n) is 5.16. The van der Waals surface area contributed by atoms with Gasteiger partial charge in [-0.1, -0.05) is 0 Å². The summed E-state index contributed by atoms with van der Waals surface area (Å²) in [6.07, 6.45) is 2.60. The largest absolute Gasteiger partial charge is 0.480 e. The van der Waals surface area contributed by atoms with Crippen LogP contribution in [0.4, 0.5) is 0 Å². The van der Waals surface area contributed by atoms with E-state index in [4.69, 9.17) is 5.11 Å². The van der Waals surface area contributed by atoms with Crippen molar-refractivity contribution in [1.29, 1.82) is 0 Å². The van der Waals surface area contributed by atoms with Crippen molar-refractivity contribution >= 4 is 15.8 Å². The number of carboxylic acid groups (broad SMARTS) is 1. The van der Waals surface area contributed by atoms with Gasteiger partial charge in [0.2, 0.25) is 0 Å². The van der Waals surface area contributed by atoms with Crippen LogP contribution in [0.2, 0.25) is 0 Å². The Bertz CT molecular complexity index is 360. The fraction of sp³-hybridized carbons (Fsp3) is 0.889. The molecule has 2 aliphatic rings. The van der Waals surface area contributed by atoms with Crippen LogP contribution in [0.3, 0.4) is 0 Å². The second kappa shape index (κ2) is 3.75. The highest BCUT2D eigenvalue weighted by molar-refractivity contribution is 7.91. The van der Waals surface area contributed by atoms with E-state index in [1.165, 1.54) is 0 Å². The Labute approximate surface area is 89.0 Å². The first kappa shape index (κ1) is 10.9. The van der Waals surface area contributed by atoms with Crippen molar-refractivity contribution in [1.82, 2.24) is 4.90 Å². The summed E-state index contributed by atoms with van der Waals surface area (Å²) in [6.45, 7) is -0.0230. The fourth-order valence-corrected chi connectivity index (χ4v) is 3.90. The summed E-state index contributed by atoms with van der Waals surface area (Å²) in [5.41, 5.74) is 0. The Morgan fingerprint density at radius 2 is 1.93 bits per heavy atom. The Morgan fingerprint density at radius 3 is 2.33 bits per heavy atom. The van der Waals surface area contributed by atoms with Crippen molar-refractivity contribution in [3.8, 4) is 0 Å². The van der Waals surface area contributed by atoms with Gasteiger partial charge >= 0.3 is 5.97 Å². The lowest BCUT2D eigenvalue weighted by molar-refractivity contribution is -0.139. The molecule has 1 aliphatic carbocycles. The molecule has 1 atom stereocenters. The summed E-state index contributed by atoms with van der Waals surface area (Å²) in [5, 5.41) is 8.76. The molecule has 2 rings (SSSR count). The quantitative estimate of drug-likeness (QED) is 0.723. The van der Waals surface area contributed by atoms with E-state index in [0.717, 1.165) is 12.8 Å². The van der Waals surface area contributed by atoms with Crippen LogP contribution < -0.4 is 0 Å². The zero-order valence-electron chi connectivity index (χ0n) is 8.42. The van der Waals surface area contributed by atoms with E-state index in [0.29, 0.717) is 12.5 Å². The summed E-state index contributed by atoms with van der Waals surface area (Å²) in [4.78, 5) is 12.5. The van der Waals surface area contributed by atoms with E-state index < -0.39 is 15.8 Å². The van der Waals surface area contributed by atoms with Crippen LogP contribution in [-0.4, -0.2) is 54.5 Å². The van der Waals surface area contributed by atoms with E-state index in [1.807, 2.05) is 4.90 Å². The lowest BCUT2D eigenvalue weighted by Gasteiger charge is -2.25. The van der Waals surface area contributed by atoms with Crippen molar-refractivity contribution in [2.75, 3.05) is 18.1 Å². The third-order valence-corrected chi connectivity index (χ3v) is 4.76. The van der Waals surface area contributed by atoms with Crippen molar-refractivity contribution in [3.63, 3.8) is 0 Å². The van der Waals surface area contributed by atoms with Gasteiger partial charge in [-0.3, -0.25) is 9.69 Å². The number of rotatable bonds is 4. The van der Waals surface area contributed by atoms with E-state index >= 15 is 0 Å². The van der Waals surface area contributed by atoms with Gasteiger partial charge in [-0.05, 0) is 19.3 Å². The zero-order valence-corrected chi connectivity index (χ0v) is 9.24. The second-order valence-corrected chi connectivity index (χ2v) is 6.58. The van der Waals surface area contributed by atoms with Gasteiger partial charge in [0, 0.05) is 12.1 Å². The van der Waals surface area contributed by atoms with Crippen LogP contribution in [0.1, 0.15) is 19.3 Å². The highest BCUT2D eigenvalue weighted by Gasteiger charge is 2.40. The smallest absolute Gasteiger partial charge is 0.317 e. The monoisotopic (exact) mass is 233 g/mol. The molecule has 6 heteroatoms. The van der Waals surface area contributed by atoms with Crippen LogP contribution >= 0.6 is 0 Å². The molecule has 1 unspecified atom stereocenters. The summed E-state index contributed by atoms with van der Waals surface area (Å²) in [5.74, 6) is -0.525. The maximum atomic E-state index is 11.3. The van der Waals surface area contributed by atoms with Gasteiger partial charge in [-0.2, -0.15) is 0 Å². The number of nitrogens with zero attached hydrogens (tertiary/aromatic N) is 1. The van der Waals surface area contributed by atoms with E-state index in [9.17, 15) is 13.2 Å². The SMILES string of the molecule is O=C(O)CN(C1CC1)C1CCS(=O)(=O)C1. The third-order valence-electron chi connectivity index (χ3n) is 3.01. The molecule has 86 valence electrons. The number of hydrogen-bond acceptors (Lipinski definition) is 4. The third kappa shape index (κ3) is 2.69. The minimum atomic E-state index is -2.92. The van der Waals surface area contributed by atoms with Gasteiger partial charge in [-0.15, -0.1) is 0 Å². The van der Waals surface area contributed by atoms with E-state index in [1.54, 1.807) is 0 Å². The van der Waals surface area contributed by atoms with Crippen LogP contribution in [0.5, 0.6) is 0 Å². The lowest BCUT2D eigenvalue weighted by atomic mass is 10.2. The molecule has 0 radical (unpaired) electrons. The molecule has 1 saturated carbocycles. The Kier molecular flexibility index (Phi) is 2.72. The predicted molar refractivity (Wildman–Crippen MR) is 54.4 cm³/mol. The first-order valence-corrected chi connectivity index (χ1v) is 6.98. The average molecular weight is 233 g/mol. The molecule has 15 heavy (non-hydrogen) atoms. The fourth-order valence-electron chi connectivity index (χ4n) is 2.16. The van der Waals surface area contributed by atoms with E-state index in [-0.39, 0.29) is 24.1 Å². The molecular formula is C9H15NO4S. The van der Waals surface area contributed by atoms with Gasteiger partial charge in [0.25, 0.3) is 0 Å². The minimum Gasteiger partial charge on any atom is -0.480 e. The van der Waals surface area contributed by atoms with Crippen LogP contribution in [0.15, 0.2) is 0 Å². The highest BCUT2D eigenvalue weighted by atomic mass is 32.2. The van der Waals surface area contributed by atoms with Crippen molar-refractivity contribution in [2.24, 2.45) is 0 Å². The van der Waals surface area contributed by atoms with Gasteiger partial charge in [0.1, 0.15) is 0 Å². The maximum Gasteiger partial charge on any atom is 0.317 e. The summed E-state index contributed by atoms with van der Waals surface area (Å²) in [7, 11) is -2.92. The highest BCUT2D eigenvalue weighted by Crippen LogP contribution is 2.31. The number of aliphatic carboxylic acids is 1. The van der Waals surface area contributed by atoms with Crippen molar-refractivity contribution in [3.05, 3.63) is 0 Å². The Hall–Kier alpha value is -0.620. The molecular weight excluding hydrogens is 218 g/mol. The Balaban J connectivity index is 2.02. The molecule has 1 N–H and O–H groups in total. The Morgan fingerprint density at radius 1 is 1.27 bits per heavy atom. The first-order chi connectivity index (χ1) is 6.98. The minimum absolute atomic E-state index is 0.0230. The topological polar surface area (TPSA) is 74.7 Å². The van der Waals surface area contributed by atoms with Gasteiger partial charge in [0.15, 0.2) is 9.84 Å². The molecule has 0 spiro atoms. The van der Waals surface area contributed by atoms with Gasteiger partial charge < -0.3 is 5.11 Å². The molecule has 0 bridgehead atoms. The summed E-state index contributed by atoms with van der Waals surface area (Å²) < 4.78 is 22.6. The van der Waals surface area contributed by atoms with Crippen LogP contribution in [0.25, 0.3) is 0 Å². The maximum absolute atomic E-state index is 11.3. The normalized spacial score (nSPS) is 29.5. The summed E-state index contributed by atoms with van der Waals surface area (Å²) >= 11 is 0. The molecule has 1 aliphatic heterocycles. The molecule has 0 aromatic rings. The van der Waals surface area contributed by atoms with Crippen LogP contribution in [0, 0.1) is 0 Å². The number of carboxylic acids is 1. The predicted octanol–water partition coefficient (Wildman–Crippen LogP) is -0.277. The number of sulfone groups is 1.